The van der Waals surface area contributed by atoms with E-state index >= 15 is 0 Å². The minimum absolute atomic E-state index is 0.218. The van der Waals surface area contributed by atoms with Crippen LogP contribution in [0.5, 0.6) is 5.75 Å². The predicted octanol–water partition coefficient (Wildman–Crippen LogP) is 3.66. The Bertz CT molecular complexity index is 309. The van der Waals surface area contributed by atoms with Crippen molar-refractivity contribution in [2.24, 2.45) is 0 Å². The Kier molecular flexibility index (Phi) is 2.85. The number of hydrogen-bond acceptors (Lipinski definition) is 1. The average Bonchev–Trinajstić information content (AvgIpc) is 1.94. The van der Waals surface area contributed by atoms with Crippen LogP contribution in [0.3, 0.4) is 0 Å². The number of aryl methyl sites for hydroxylation is 1. The number of hydrogen-bond donors (Lipinski definition) is 0. The lowest BCUT2D eigenvalue weighted by molar-refractivity contribution is -0.274. The van der Waals surface area contributed by atoms with Crippen LogP contribution in [-0.2, 0) is 0 Å². The quantitative estimate of drug-likeness (QED) is 0.744. The predicted molar refractivity (Wildman–Crippen MR) is 45.6 cm³/mol. The topological polar surface area (TPSA) is 9.23 Å². The van der Waals surface area contributed by atoms with Gasteiger partial charge in [0.1, 0.15) is 5.75 Å². The van der Waals surface area contributed by atoms with Crippen molar-refractivity contribution in [2.75, 3.05) is 0 Å². The van der Waals surface area contributed by atoms with E-state index in [0.717, 1.165) is 5.56 Å². The summed E-state index contributed by atoms with van der Waals surface area (Å²) in [6.07, 6.45) is -4.63. The molecule has 1 aromatic rings. The van der Waals surface area contributed by atoms with Crippen molar-refractivity contribution in [2.45, 2.75) is 13.3 Å². The molecule has 0 aliphatic rings. The number of benzene rings is 1. The lowest BCUT2D eigenvalue weighted by atomic mass is 10.2. The van der Waals surface area contributed by atoms with Crippen LogP contribution in [0.25, 0.3) is 0 Å². The summed E-state index contributed by atoms with van der Waals surface area (Å²) >= 11 is 3.11. The SMILES string of the molecule is Cc1ccc(OC(F)(F)F)cc1Br. The van der Waals surface area contributed by atoms with Crippen molar-refractivity contribution in [3.8, 4) is 5.75 Å². The molecule has 0 spiro atoms. The zero-order valence-electron chi connectivity index (χ0n) is 6.65. The molecule has 0 unspecified atom stereocenters. The highest BCUT2D eigenvalue weighted by molar-refractivity contribution is 9.10. The van der Waals surface area contributed by atoms with Gasteiger partial charge in [0.25, 0.3) is 0 Å². The summed E-state index contributed by atoms with van der Waals surface area (Å²) in [5, 5.41) is 0. The van der Waals surface area contributed by atoms with Gasteiger partial charge in [0.2, 0.25) is 0 Å². The van der Waals surface area contributed by atoms with Gasteiger partial charge in [-0.05, 0) is 24.6 Å². The monoisotopic (exact) mass is 254 g/mol. The molecule has 0 saturated heterocycles. The second-order valence-corrected chi connectivity index (χ2v) is 3.31. The average molecular weight is 255 g/mol. The van der Waals surface area contributed by atoms with E-state index in [0.29, 0.717) is 4.47 Å². The molecule has 0 bridgehead atoms. The van der Waals surface area contributed by atoms with Gasteiger partial charge in [0.05, 0.1) is 0 Å². The fraction of sp³-hybridized carbons (Fsp3) is 0.250. The Labute approximate surface area is 81.6 Å². The van der Waals surface area contributed by atoms with Gasteiger partial charge in [-0.25, -0.2) is 0 Å². The highest BCUT2D eigenvalue weighted by atomic mass is 79.9. The maximum Gasteiger partial charge on any atom is 0.573 e. The second kappa shape index (κ2) is 3.57. The molecule has 0 radical (unpaired) electrons. The van der Waals surface area contributed by atoms with E-state index in [-0.39, 0.29) is 5.75 Å². The molecule has 0 aliphatic carbocycles. The van der Waals surface area contributed by atoms with Gasteiger partial charge < -0.3 is 4.74 Å². The van der Waals surface area contributed by atoms with E-state index in [1.54, 1.807) is 13.0 Å². The molecule has 0 heterocycles. The van der Waals surface area contributed by atoms with E-state index in [2.05, 4.69) is 20.7 Å². The molecule has 0 aromatic heterocycles. The zero-order chi connectivity index (χ0) is 10.1. The van der Waals surface area contributed by atoms with E-state index in [1.165, 1.54) is 12.1 Å². The maximum atomic E-state index is 11.7. The number of rotatable bonds is 1. The largest absolute Gasteiger partial charge is 0.573 e. The molecule has 1 nitrogen and oxygen atoms in total. The number of ether oxygens (including phenoxy) is 1. The standard InChI is InChI=1S/C8H6BrF3O/c1-5-2-3-6(4-7(5)9)13-8(10,11)12/h2-4H,1H3. The molecule has 0 N–H and O–H groups in total. The minimum Gasteiger partial charge on any atom is -0.406 e. The first-order valence-corrected chi connectivity index (χ1v) is 4.20. The van der Waals surface area contributed by atoms with Gasteiger partial charge in [0, 0.05) is 4.47 Å². The van der Waals surface area contributed by atoms with Crippen molar-refractivity contribution in [3.63, 3.8) is 0 Å². The molecule has 0 aliphatic heterocycles. The van der Waals surface area contributed by atoms with Crippen LogP contribution in [0.4, 0.5) is 13.2 Å². The molecule has 5 heteroatoms. The Hall–Kier alpha value is -0.710. The van der Waals surface area contributed by atoms with Gasteiger partial charge in [0.15, 0.2) is 0 Å². The summed E-state index contributed by atoms with van der Waals surface area (Å²) in [5.41, 5.74) is 0.856. The second-order valence-electron chi connectivity index (χ2n) is 2.46. The summed E-state index contributed by atoms with van der Waals surface area (Å²) in [6, 6.07) is 4.10. The Morgan fingerprint density at radius 1 is 1.31 bits per heavy atom. The van der Waals surface area contributed by atoms with E-state index < -0.39 is 6.36 Å². The fourth-order valence-corrected chi connectivity index (χ4v) is 1.13. The van der Waals surface area contributed by atoms with Crippen LogP contribution in [0, 0.1) is 6.92 Å². The highest BCUT2D eigenvalue weighted by Crippen LogP contribution is 2.27. The third-order valence-electron chi connectivity index (χ3n) is 1.38. The van der Waals surface area contributed by atoms with Gasteiger partial charge in [-0.2, -0.15) is 0 Å². The van der Waals surface area contributed by atoms with Crippen molar-refractivity contribution < 1.29 is 17.9 Å². The molecule has 0 fully saturated rings. The van der Waals surface area contributed by atoms with Gasteiger partial charge in [-0.3, -0.25) is 0 Å². The summed E-state index contributed by atoms with van der Waals surface area (Å²) in [6.45, 7) is 1.78. The number of halogens is 4. The molecule has 0 saturated carbocycles. The highest BCUT2D eigenvalue weighted by Gasteiger charge is 2.31. The Balaban J connectivity index is 2.86. The molecule has 0 amide bonds. The van der Waals surface area contributed by atoms with Crippen LogP contribution in [0.1, 0.15) is 5.56 Å². The van der Waals surface area contributed by atoms with Crippen molar-refractivity contribution in [1.29, 1.82) is 0 Å². The summed E-state index contributed by atoms with van der Waals surface area (Å²) in [5.74, 6) is -0.218. The Morgan fingerprint density at radius 2 is 1.92 bits per heavy atom. The first-order chi connectivity index (χ1) is 5.88. The molecule has 1 aromatic carbocycles. The third-order valence-corrected chi connectivity index (χ3v) is 2.23. The number of alkyl halides is 3. The summed E-state index contributed by atoms with van der Waals surface area (Å²) in [7, 11) is 0. The summed E-state index contributed by atoms with van der Waals surface area (Å²) in [4.78, 5) is 0. The molecule has 72 valence electrons. The summed E-state index contributed by atoms with van der Waals surface area (Å²) < 4.78 is 39.5. The Morgan fingerprint density at radius 3 is 2.38 bits per heavy atom. The van der Waals surface area contributed by atoms with E-state index in [9.17, 15) is 13.2 Å². The smallest absolute Gasteiger partial charge is 0.406 e. The molecule has 13 heavy (non-hydrogen) atoms. The first kappa shape index (κ1) is 10.4. The van der Waals surface area contributed by atoms with E-state index in [1.807, 2.05) is 0 Å². The van der Waals surface area contributed by atoms with Crippen LogP contribution in [-0.4, -0.2) is 6.36 Å². The third kappa shape index (κ3) is 3.26. The van der Waals surface area contributed by atoms with Gasteiger partial charge >= 0.3 is 6.36 Å². The molecular formula is C8H6BrF3O. The zero-order valence-corrected chi connectivity index (χ0v) is 8.24. The lowest BCUT2D eigenvalue weighted by Crippen LogP contribution is -2.17. The van der Waals surface area contributed by atoms with E-state index in [4.69, 9.17) is 0 Å². The van der Waals surface area contributed by atoms with Gasteiger partial charge in [-0.1, -0.05) is 22.0 Å². The van der Waals surface area contributed by atoms with Crippen molar-refractivity contribution in [3.05, 3.63) is 28.2 Å². The van der Waals surface area contributed by atoms with Crippen LogP contribution in [0.15, 0.2) is 22.7 Å². The fourth-order valence-electron chi connectivity index (χ4n) is 0.771. The maximum absolute atomic E-state index is 11.7. The van der Waals surface area contributed by atoms with Crippen LogP contribution >= 0.6 is 15.9 Å². The normalized spacial score (nSPS) is 11.5. The van der Waals surface area contributed by atoms with Crippen molar-refractivity contribution in [1.82, 2.24) is 0 Å². The molecular weight excluding hydrogens is 249 g/mol. The molecule has 1 rings (SSSR count). The lowest BCUT2D eigenvalue weighted by Gasteiger charge is -2.09. The van der Waals surface area contributed by atoms with Crippen molar-refractivity contribution >= 4 is 15.9 Å². The first-order valence-electron chi connectivity index (χ1n) is 3.40. The van der Waals surface area contributed by atoms with Crippen LogP contribution in [0.2, 0.25) is 0 Å². The minimum atomic E-state index is -4.63. The van der Waals surface area contributed by atoms with Gasteiger partial charge in [-0.15, -0.1) is 13.2 Å². The molecule has 0 atom stereocenters. The van der Waals surface area contributed by atoms with Crippen LogP contribution < -0.4 is 4.74 Å².